The minimum atomic E-state index is 0.631. The highest BCUT2D eigenvalue weighted by molar-refractivity contribution is 6.31. The van der Waals surface area contributed by atoms with Crippen molar-refractivity contribution in [1.29, 1.82) is 0 Å². The number of hydrogen-bond donors (Lipinski definition) is 0. The first-order valence-corrected chi connectivity index (χ1v) is 8.91. The van der Waals surface area contributed by atoms with Gasteiger partial charge in [-0.25, -0.2) is 4.98 Å². The summed E-state index contributed by atoms with van der Waals surface area (Å²) in [5, 5.41) is 0.764. The van der Waals surface area contributed by atoms with Gasteiger partial charge in [0, 0.05) is 23.4 Å². The SMILES string of the molecule is ClCCc1nc2cc(Cl)ccc2n1C1C2C3CCC(C3)C21. The van der Waals surface area contributed by atoms with Crippen LogP contribution in [-0.4, -0.2) is 15.4 Å². The maximum atomic E-state index is 6.13. The largest absolute Gasteiger partial charge is 0.324 e. The third-order valence-electron chi connectivity index (χ3n) is 6.04. The number of hydrogen-bond acceptors (Lipinski definition) is 1. The van der Waals surface area contributed by atoms with Crippen molar-refractivity contribution in [3.8, 4) is 0 Å². The Bertz CT molecular complexity index is 707. The maximum absolute atomic E-state index is 6.13. The van der Waals surface area contributed by atoms with Crippen molar-refractivity contribution in [1.82, 2.24) is 9.55 Å². The van der Waals surface area contributed by atoms with E-state index in [0.29, 0.717) is 11.9 Å². The standard InChI is InChI=1S/C17H18Cl2N2/c18-6-5-14-20-12-8-11(19)3-4-13(12)21(14)17-15-9-1-2-10(7-9)16(15)17/h3-4,8-10,15-17H,1-2,5-7H2. The summed E-state index contributed by atoms with van der Waals surface area (Å²) in [5.41, 5.74) is 2.28. The molecule has 3 saturated carbocycles. The van der Waals surface area contributed by atoms with Crippen molar-refractivity contribution < 1.29 is 0 Å². The molecule has 21 heavy (non-hydrogen) atoms. The predicted octanol–water partition coefficient (Wildman–Crippen LogP) is 4.69. The first kappa shape index (κ1) is 12.8. The molecule has 4 heteroatoms. The fourth-order valence-corrected chi connectivity index (χ4v) is 5.67. The summed E-state index contributed by atoms with van der Waals surface area (Å²) >= 11 is 12.1. The second-order valence-corrected chi connectivity index (χ2v) is 7.76. The highest BCUT2D eigenvalue weighted by atomic mass is 35.5. The number of aryl methyl sites for hydroxylation is 1. The Morgan fingerprint density at radius 1 is 1.19 bits per heavy atom. The summed E-state index contributed by atoms with van der Waals surface area (Å²) in [6.07, 6.45) is 5.23. The smallest absolute Gasteiger partial charge is 0.111 e. The van der Waals surface area contributed by atoms with Crippen LogP contribution in [0.5, 0.6) is 0 Å². The summed E-state index contributed by atoms with van der Waals surface area (Å²) in [6, 6.07) is 6.79. The van der Waals surface area contributed by atoms with Crippen molar-refractivity contribution in [3.63, 3.8) is 0 Å². The van der Waals surface area contributed by atoms with Gasteiger partial charge in [-0.3, -0.25) is 0 Å². The Labute approximate surface area is 134 Å². The molecular formula is C17H18Cl2N2. The highest BCUT2D eigenvalue weighted by Crippen LogP contribution is 2.72. The molecule has 4 atom stereocenters. The number of imidazole rings is 1. The van der Waals surface area contributed by atoms with Gasteiger partial charge < -0.3 is 4.57 Å². The molecule has 3 fully saturated rings. The molecule has 3 aliphatic carbocycles. The molecule has 4 unspecified atom stereocenters. The van der Waals surface area contributed by atoms with Crippen LogP contribution >= 0.6 is 23.2 Å². The van der Waals surface area contributed by atoms with Crippen LogP contribution in [0.2, 0.25) is 5.02 Å². The summed E-state index contributed by atoms with van der Waals surface area (Å²) in [5.74, 6) is 5.54. The van der Waals surface area contributed by atoms with E-state index in [1.165, 1.54) is 24.8 Å². The lowest BCUT2D eigenvalue weighted by molar-refractivity contribution is 0.452. The van der Waals surface area contributed by atoms with Crippen LogP contribution in [0.25, 0.3) is 11.0 Å². The van der Waals surface area contributed by atoms with Crippen molar-refractivity contribution >= 4 is 34.2 Å². The van der Waals surface area contributed by atoms with Crippen molar-refractivity contribution in [2.45, 2.75) is 31.7 Å². The average molecular weight is 321 g/mol. The van der Waals surface area contributed by atoms with Gasteiger partial charge in [0.25, 0.3) is 0 Å². The van der Waals surface area contributed by atoms with Gasteiger partial charge in [-0.2, -0.15) is 0 Å². The molecule has 2 bridgehead atoms. The second kappa shape index (κ2) is 4.39. The van der Waals surface area contributed by atoms with E-state index in [1.54, 1.807) is 0 Å². The Morgan fingerprint density at radius 3 is 2.67 bits per heavy atom. The van der Waals surface area contributed by atoms with Crippen LogP contribution in [0.3, 0.4) is 0 Å². The van der Waals surface area contributed by atoms with Gasteiger partial charge in [0.2, 0.25) is 0 Å². The zero-order valence-corrected chi connectivity index (χ0v) is 13.3. The Balaban J connectivity index is 1.63. The molecule has 0 aliphatic heterocycles. The second-order valence-electron chi connectivity index (χ2n) is 6.95. The number of fused-ring (bicyclic) bond motifs is 6. The lowest BCUT2D eigenvalue weighted by Gasteiger charge is -2.14. The van der Waals surface area contributed by atoms with Gasteiger partial charge in [-0.05, 0) is 61.1 Å². The quantitative estimate of drug-likeness (QED) is 0.750. The monoisotopic (exact) mass is 320 g/mol. The van der Waals surface area contributed by atoms with E-state index in [0.717, 1.165) is 46.5 Å². The molecule has 3 aliphatic rings. The first-order valence-electron chi connectivity index (χ1n) is 8.00. The number of rotatable bonds is 3. The number of halogens is 2. The molecule has 2 aromatic rings. The van der Waals surface area contributed by atoms with Crippen LogP contribution in [0, 0.1) is 23.7 Å². The number of nitrogens with zero attached hydrogens (tertiary/aromatic N) is 2. The van der Waals surface area contributed by atoms with E-state index in [-0.39, 0.29) is 0 Å². The van der Waals surface area contributed by atoms with Crippen LogP contribution in [0.1, 0.15) is 31.1 Å². The molecular weight excluding hydrogens is 303 g/mol. The van der Waals surface area contributed by atoms with Gasteiger partial charge in [-0.15, -0.1) is 11.6 Å². The van der Waals surface area contributed by atoms with Crippen molar-refractivity contribution in [2.75, 3.05) is 5.88 Å². The Hall–Kier alpha value is -0.730. The van der Waals surface area contributed by atoms with Crippen LogP contribution in [0.4, 0.5) is 0 Å². The minimum absolute atomic E-state index is 0.631. The molecule has 0 amide bonds. The molecule has 110 valence electrons. The zero-order valence-electron chi connectivity index (χ0n) is 11.8. The fraction of sp³-hybridized carbons (Fsp3) is 0.588. The van der Waals surface area contributed by atoms with E-state index in [1.807, 2.05) is 12.1 Å². The third-order valence-corrected chi connectivity index (χ3v) is 6.46. The minimum Gasteiger partial charge on any atom is -0.324 e. The van der Waals surface area contributed by atoms with Gasteiger partial charge in [0.15, 0.2) is 0 Å². The predicted molar refractivity (Wildman–Crippen MR) is 86.0 cm³/mol. The number of benzene rings is 1. The summed E-state index contributed by atoms with van der Waals surface area (Å²) in [4.78, 5) is 4.82. The normalized spacial score (nSPS) is 36.4. The molecule has 2 nitrogen and oxygen atoms in total. The highest BCUT2D eigenvalue weighted by Gasteiger charge is 2.66. The van der Waals surface area contributed by atoms with Gasteiger partial charge in [0.05, 0.1) is 11.0 Å². The van der Waals surface area contributed by atoms with Crippen molar-refractivity contribution in [3.05, 3.63) is 29.0 Å². The van der Waals surface area contributed by atoms with E-state index in [4.69, 9.17) is 28.2 Å². The molecule has 0 N–H and O–H groups in total. The van der Waals surface area contributed by atoms with Gasteiger partial charge >= 0.3 is 0 Å². The molecule has 0 spiro atoms. The van der Waals surface area contributed by atoms with E-state index in [2.05, 4.69) is 10.6 Å². The topological polar surface area (TPSA) is 17.8 Å². The first-order chi connectivity index (χ1) is 10.3. The van der Waals surface area contributed by atoms with Crippen molar-refractivity contribution in [2.24, 2.45) is 23.7 Å². The van der Waals surface area contributed by atoms with Crippen LogP contribution in [-0.2, 0) is 6.42 Å². The fourth-order valence-electron chi connectivity index (χ4n) is 5.34. The zero-order chi connectivity index (χ0) is 14.1. The number of aromatic nitrogens is 2. The average Bonchev–Trinajstić information content (AvgIpc) is 2.82. The van der Waals surface area contributed by atoms with Crippen LogP contribution < -0.4 is 0 Å². The van der Waals surface area contributed by atoms with E-state index < -0.39 is 0 Å². The Morgan fingerprint density at radius 2 is 1.95 bits per heavy atom. The molecule has 1 aromatic heterocycles. The van der Waals surface area contributed by atoms with Gasteiger partial charge in [-0.1, -0.05) is 11.6 Å². The third kappa shape index (κ3) is 1.69. The lowest BCUT2D eigenvalue weighted by Crippen LogP contribution is -2.09. The Kier molecular flexibility index (Phi) is 2.67. The van der Waals surface area contributed by atoms with Gasteiger partial charge in [0.1, 0.15) is 5.82 Å². The lowest BCUT2D eigenvalue weighted by atomic mass is 10.0. The molecule has 1 aromatic carbocycles. The van der Waals surface area contributed by atoms with E-state index in [9.17, 15) is 0 Å². The molecule has 1 heterocycles. The number of alkyl halides is 1. The molecule has 0 saturated heterocycles. The summed E-state index contributed by atoms with van der Waals surface area (Å²) in [6.45, 7) is 0. The molecule has 5 rings (SSSR count). The van der Waals surface area contributed by atoms with E-state index >= 15 is 0 Å². The summed E-state index contributed by atoms with van der Waals surface area (Å²) < 4.78 is 2.51. The maximum Gasteiger partial charge on any atom is 0.111 e. The van der Waals surface area contributed by atoms with Crippen LogP contribution in [0.15, 0.2) is 18.2 Å². The summed E-state index contributed by atoms with van der Waals surface area (Å²) in [7, 11) is 0. The molecule has 0 radical (unpaired) electrons.